The lowest BCUT2D eigenvalue weighted by Gasteiger charge is -2.29. The molecule has 0 aliphatic carbocycles. The third kappa shape index (κ3) is 5.78. The predicted molar refractivity (Wildman–Crippen MR) is 137 cm³/mol. The molecule has 3 aromatic carbocycles. The smallest absolute Gasteiger partial charge is 0.339 e. The molecule has 0 radical (unpaired) electrons. The van der Waals surface area contributed by atoms with Gasteiger partial charge in [-0.15, -0.1) is 0 Å². The lowest BCUT2D eigenvalue weighted by Crippen LogP contribution is -2.52. The third-order valence-corrected chi connectivity index (χ3v) is 5.82. The fourth-order valence-electron chi connectivity index (χ4n) is 4.07. The molecule has 1 aliphatic rings. The van der Waals surface area contributed by atoms with Crippen molar-refractivity contribution >= 4 is 35.8 Å². The molecule has 0 fully saturated rings. The lowest BCUT2D eigenvalue weighted by molar-refractivity contribution is -0.137. The zero-order chi connectivity index (χ0) is 27.1. The predicted octanol–water partition coefficient (Wildman–Crippen LogP) is 1.79. The van der Waals surface area contributed by atoms with Gasteiger partial charge in [0.05, 0.1) is 23.2 Å². The molecule has 11 nitrogen and oxygen atoms in total. The number of hydrogen-bond donors (Lipinski definition) is 4. The van der Waals surface area contributed by atoms with E-state index in [1.165, 1.54) is 23.2 Å². The first-order chi connectivity index (χ1) is 18.4. The Morgan fingerprint density at radius 3 is 2.55 bits per heavy atom. The van der Waals surface area contributed by atoms with Crippen LogP contribution in [0.5, 0.6) is 5.75 Å². The summed E-state index contributed by atoms with van der Waals surface area (Å²) in [5.74, 6) is -2.75. The highest BCUT2D eigenvalue weighted by Crippen LogP contribution is 2.27. The fourth-order valence-corrected chi connectivity index (χ4v) is 4.07. The Hall–Kier alpha value is -5.19. The third-order valence-electron chi connectivity index (χ3n) is 5.82. The fraction of sp³-hybridized carbons (Fsp3) is 0.148. The van der Waals surface area contributed by atoms with Gasteiger partial charge < -0.3 is 20.5 Å². The molecular formula is C27H25N5O6. The van der Waals surface area contributed by atoms with E-state index in [1.807, 2.05) is 18.2 Å². The Labute approximate surface area is 218 Å². The summed E-state index contributed by atoms with van der Waals surface area (Å²) in [5.41, 5.74) is 10.1. The summed E-state index contributed by atoms with van der Waals surface area (Å²) >= 11 is 0. The van der Waals surface area contributed by atoms with Crippen LogP contribution in [0.25, 0.3) is 0 Å². The summed E-state index contributed by atoms with van der Waals surface area (Å²) in [4.78, 5) is 49.9. The maximum absolute atomic E-state index is 13.0. The average Bonchev–Trinajstić information content (AvgIpc) is 3.04. The SMILES string of the molecule is N=C(N)c1c(OC(=O)CC2C(=O)NCc3ccccc3N2NC=O)cccc1C(=O)OCc1ccccc1. The highest BCUT2D eigenvalue weighted by Gasteiger charge is 2.34. The van der Waals surface area contributed by atoms with Crippen molar-refractivity contribution in [2.75, 3.05) is 5.01 Å². The van der Waals surface area contributed by atoms with Crippen molar-refractivity contribution in [3.05, 3.63) is 95.1 Å². The normalized spacial score (nSPS) is 14.4. The first kappa shape index (κ1) is 25.9. The minimum atomic E-state index is -1.13. The average molecular weight is 516 g/mol. The molecule has 3 aromatic rings. The van der Waals surface area contributed by atoms with E-state index in [0.29, 0.717) is 12.1 Å². The summed E-state index contributed by atoms with van der Waals surface area (Å²) < 4.78 is 10.8. The van der Waals surface area contributed by atoms with Crippen molar-refractivity contribution in [1.82, 2.24) is 10.7 Å². The van der Waals surface area contributed by atoms with Crippen LogP contribution in [0.15, 0.2) is 72.8 Å². The Morgan fingerprint density at radius 2 is 1.82 bits per heavy atom. The number of benzene rings is 3. The number of hydrazine groups is 1. The number of nitrogens with one attached hydrogen (secondary N) is 3. The minimum absolute atomic E-state index is 0.00113. The van der Waals surface area contributed by atoms with Gasteiger partial charge in [0, 0.05) is 6.54 Å². The maximum atomic E-state index is 13.0. The highest BCUT2D eigenvalue weighted by atomic mass is 16.5. The first-order valence-electron chi connectivity index (χ1n) is 11.6. The number of nitrogen functional groups attached to an aromatic ring is 1. The zero-order valence-corrected chi connectivity index (χ0v) is 20.2. The number of esters is 2. The molecule has 11 heteroatoms. The van der Waals surface area contributed by atoms with Crippen LogP contribution in [-0.4, -0.2) is 36.1 Å². The van der Waals surface area contributed by atoms with Gasteiger partial charge in [-0.3, -0.25) is 30.2 Å². The quantitative estimate of drug-likeness (QED) is 0.110. The van der Waals surface area contributed by atoms with Gasteiger partial charge in [-0.1, -0.05) is 54.6 Å². The molecule has 4 rings (SSSR count). The van der Waals surface area contributed by atoms with E-state index in [0.717, 1.165) is 11.1 Å². The molecule has 0 bridgehead atoms. The molecule has 1 aliphatic heterocycles. The molecule has 1 atom stereocenters. The van der Waals surface area contributed by atoms with E-state index >= 15 is 0 Å². The molecule has 1 heterocycles. The van der Waals surface area contributed by atoms with Gasteiger partial charge in [-0.05, 0) is 29.3 Å². The summed E-state index contributed by atoms with van der Waals surface area (Å²) in [6.45, 7) is 0.206. The van der Waals surface area contributed by atoms with Crippen LogP contribution in [0.2, 0.25) is 0 Å². The molecule has 0 saturated heterocycles. The van der Waals surface area contributed by atoms with Crippen LogP contribution in [-0.2, 0) is 32.3 Å². The number of anilines is 1. The number of nitrogens with zero attached hydrogens (tertiary/aromatic N) is 1. The topological polar surface area (TPSA) is 164 Å². The van der Waals surface area contributed by atoms with Crippen LogP contribution in [0.3, 0.4) is 0 Å². The van der Waals surface area contributed by atoms with E-state index in [-0.39, 0.29) is 30.0 Å². The van der Waals surface area contributed by atoms with Crippen LogP contribution >= 0.6 is 0 Å². The van der Waals surface area contributed by atoms with E-state index in [2.05, 4.69) is 10.7 Å². The highest BCUT2D eigenvalue weighted by molar-refractivity contribution is 6.08. The molecule has 2 amide bonds. The van der Waals surface area contributed by atoms with Gasteiger partial charge >= 0.3 is 11.9 Å². The molecule has 0 saturated carbocycles. The Morgan fingerprint density at radius 1 is 1.08 bits per heavy atom. The lowest BCUT2D eigenvalue weighted by atomic mass is 10.1. The molecular weight excluding hydrogens is 490 g/mol. The van der Waals surface area contributed by atoms with Crippen molar-refractivity contribution in [1.29, 1.82) is 5.41 Å². The zero-order valence-electron chi connectivity index (χ0n) is 20.2. The van der Waals surface area contributed by atoms with E-state index < -0.39 is 36.1 Å². The number of amides is 2. The molecule has 0 aromatic heterocycles. The van der Waals surface area contributed by atoms with Crippen molar-refractivity contribution in [3.63, 3.8) is 0 Å². The molecule has 1 unspecified atom stereocenters. The summed E-state index contributed by atoms with van der Waals surface area (Å²) in [6, 6.07) is 19.2. The number of para-hydroxylation sites is 1. The van der Waals surface area contributed by atoms with Crippen molar-refractivity contribution in [2.24, 2.45) is 5.73 Å². The first-order valence-corrected chi connectivity index (χ1v) is 11.6. The largest absolute Gasteiger partial charge is 0.457 e. The second-order valence-corrected chi connectivity index (χ2v) is 8.31. The number of fused-ring (bicyclic) bond motifs is 1. The minimum Gasteiger partial charge on any atom is -0.457 e. The summed E-state index contributed by atoms with van der Waals surface area (Å²) in [7, 11) is 0. The number of nitrogens with two attached hydrogens (primary N) is 1. The van der Waals surface area contributed by atoms with Gasteiger partial charge in [-0.25, -0.2) is 4.79 Å². The van der Waals surface area contributed by atoms with Gasteiger partial charge in [0.25, 0.3) is 0 Å². The standard InChI is InChI=1S/C27H25N5O6/c28-25(29)24-19(27(36)37-15-17-7-2-1-3-8-17)10-6-12-22(24)38-23(34)13-21-26(35)30-14-18-9-4-5-11-20(18)32(21)31-16-33/h1-12,16,21H,13-15H2,(H3,28,29)(H,30,35)(H,31,33). The summed E-state index contributed by atoms with van der Waals surface area (Å²) in [6.07, 6.45) is -0.0485. The van der Waals surface area contributed by atoms with Crippen molar-refractivity contribution in [3.8, 4) is 5.75 Å². The van der Waals surface area contributed by atoms with Crippen LogP contribution in [0.1, 0.15) is 33.5 Å². The Balaban J connectivity index is 1.54. The molecule has 194 valence electrons. The van der Waals surface area contributed by atoms with E-state index in [9.17, 15) is 19.2 Å². The Bertz CT molecular complexity index is 1380. The number of carbonyl (C=O) groups is 4. The number of rotatable bonds is 9. The van der Waals surface area contributed by atoms with Crippen molar-refractivity contribution < 1.29 is 28.7 Å². The van der Waals surface area contributed by atoms with Gasteiger partial charge in [0.2, 0.25) is 12.3 Å². The Kier molecular flexibility index (Phi) is 7.97. The summed E-state index contributed by atoms with van der Waals surface area (Å²) in [5, 5.41) is 12.0. The molecule has 0 spiro atoms. The number of carbonyl (C=O) groups excluding carboxylic acids is 4. The molecule has 38 heavy (non-hydrogen) atoms. The maximum Gasteiger partial charge on any atom is 0.339 e. The van der Waals surface area contributed by atoms with Crippen LogP contribution in [0.4, 0.5) is 5.69 Å². The van der Waals surface area contributed by atoms with Gasteiger partial charge in [0.15, 0.2) is 0 Å². The van der Waals surface area contributed by atoms with Gasteiger partial charge in [0.1, 0.15) is 24.2 Å². The monoisotopic (exact) mass is 515 g/mol. The van der Waals surface area contributed by atoms with Crippen LogP contribution < -0.4 is 26.2 Å². The van der Waals surface area contributed by atoms with E-state index in [1.54, 1.807) is 36.4 Å². The number of amidine groups is 1. The number of hydrogen-bond acceptors (Lipinski definition) is 8. The van der Waals surface area contributed by atoms with E-state index in [4.69, 9.17) is 20.6 Å². The second kappa shape index (κ2) is 11.7. The van der Waals surface area contributed by atoms with Crippen LogP contribution in [0, 0.1) is 5.41 Å². The van der Waals surface area contributed by atoms with Crippen molar-refractivity contribution in [2.45, 2.75) is 25.6 Å². The number of ether oxygens (including phenoxy) is 2. The molecule has 5 N–H and O–H groups in total. The second-order valence-electron chi connectivity index (χ2n) is 8.31. The van der Waals surface area contributed by atoms with Gasteiger partial charge in [-0.2, -0.15) is 0 Å².